The summed E-state index contributed by atoms with van der Waals surface area (Å²) in [6.45, 7) is 2.85. The lowest BCUT2D eigenvalue weighted by Crippen LogP contribution is -2.38. The summed E-state index contributed by atoms with van der Waals surface area (Å²) in [6.07, 6.45) is 6.16. The molecule has 2 aromatic rings. The van der Waals surface area contributed by atoms with E-state index in [2.05, 4.69) is 22.5 Å². The van der Waals surface area contributed by atoms with Crippen LogP contribution in [0.1, 0.15) is 44.6 Å². The molecule has 0 aliphatic rings. The van der Waals surface area contributed by atoms with Crippen LogP contribution in [0, 0.1) is 0 Å². The Kier molecular flexibility index (Phi) is 9.97. The van der Waals surface area contributed by atoms with Gasteiger partial charge in [-0.2, -0.15) is 0 Å². The van der Waals surface area contributed by atoms with Crippen molar-refractivity contribution < 1.29 is 14.7 Å². The maximum Gasteiger partial charge on any atom is 0.322 e. The predicted octanol–water partition coefficient (Wildman–Crippen LogP) is 4.08. The van der Waals surface area contributed by atoms with Crippen molar-refractivity contribution in [3.8, 4) is 11.3 Å². The lowest BCUT2D eigenvalue weighted by Gasteiger charge is -2.18. The summed E-state index contributed by atoms with van der Waals surface area (Å²) in [5, 5.41) is 14.9. The number of urea groups is 1. The topological polar surface area (TPSA) is 94.6 Å². The molecule has 2 amide bonds. The van der Waals surface area contributed by atoms with Crippen LogP contribution in [0.4, 0.5) is 10.6 Å². The lowest BCUT2D eigenvalue weighted by atomic mass is 10.0. The zero-order valence-corrected chi connectivity index (χ0v) is 18.7. The van der Waals surface area contributed by atoms with Gasteiger partial charge in [-0.3, -0.25) is 9.69 Å². The first-order valence-electron chi connectivity index (χ1n) is 10.9. The molecular formula is C24H34N4O3. The Labute approximate surface area is 184 Å². The monoisotopic (exact) mass is 426 g/mol. The zero-order chi connectivity index (χ0) is 22.6. The Morgan fingerprint density at radius 1 is 1.06 bits per heavy atom. The summed E-state index contributed by atoms with van der Waals surface area (Å²) in [5.41, 5.74) is 2.59. The summed E-state index contributed by atoms with van der Waals surface area (Å²) >= 11 is 0. The molecule has 1 aromatic heterocycles. The number of nitrogens with one attached hydrogen (secondary N) is 2. The molecule has 31 heavy (non-hydrogen) atoms. The highest BCUT2D eigenvalue weighted by molar-refractivity contribution is 5.90. The minimum absolute atomic E-state index is 0.165. The van der Waals surface area contributed by atoms with Crippen molar-refractivity contribution in [1.82, 2.24) is 15.6 Å². The first-order valence-corrected chi connectivity index (χ1v) is 10.9. The average Bonchev–Trinajstić information content (AvgIpc) is 2.79. The van der Waals surface area contributed by atoms with Crippen molar-refractivity contribution in [2.24, 2.45) is 0 Å². The Bertz CT molecular complexity index is 839. The van der Waals surface area contributed by atoms with E-state index in [1.807, 2.05) is 42.5 Å². The van der Waals surface area contributed by atoms with Gasteiger partial charge in [-0.15, -0.1) is 0 Å². The van der Waals surface area contributed by atoms with Crippen LogP contribution in [-0.2, 0) is 11.2 Å². The number of hydrogen-bond donors (Lipinski definition) is 3. The molecule has 0 aliphatic carbocycles. The van der Waals surface area contributed by atoms with Crippen LogP contribution in [0.3, 0.4) is 0 Å². The van der Waals surface area contributed by atoms with E-state index < -0.39 is 12.0 Å². The fourth-order valence-electron chi connectivity index (χ4n) is 3.28. The highest BCUT2D eigenvalue weighted by atomic mass is 16.4. The van der Waals surface area contributed by atoms with Gasteiger partial charge in [-0.05, 0) is 37.6 Å². The van der Waals surface area contributed by atoms with Gasteiger partial charge >= 0.3 is 12.0 Å². The third-order valence-corrected chi connectivity index (χ3v) is 5.28. The second kappa shape index (κ2) is 12.7. The predicted molar refractivity (Wildman–Crippen MR) is 124 cm³/mol. The van der Waals surface area contributed by atoms with Crippen LogP contribution in [0.2, 0.25) is 0 Å². The van der Waals surface area contributed by atoms with Gasteiger partial charge in [0.25, 0.3) is 0 Å². The molecule has 7 heteroatoms. The van der Waals surface area contributed by atoms with E-state index in [1.54, 1.807) is 14.1 Å². The SMILES string of the molecule is CCCCCCCNC(=O)N(C)c1cccc(-c2ccc(CC(NC)C(=O)O)cc2)n1. The molecule has 0 bridgehead atoms. The number of likely N-dealkylation sites (N-methyl/N-ethyl adjacent to an activating group) is 1. The number of benzene rings is 1. The van der Waals surface area contributed by atoms with E-state index in [0.717, 1.165) is 29.7 Å². The number of amides is 2. The fourth-order valence-corrected chi connectivity index (χ4v) is 3.28. The molecule has 0 saturated heterocycles. The molecule has 1 aromatic carbocycles. The van der Waals surface area contributed by atoms with Crippen molar-refractivity contribution in [3.05, 3.63) is 48.0 Å². The van der Waals surface area contributed by atoms with Crippen molar-refractivity contribution in [2.75, 3.05) is 25.5 Å². The van der Waals surface area contributed by atoms with Crippen LogP contribution < -0.4 is 15.5 Å². The Morgan fingerprint density at radius 2 is 1.77 bits per heavy atom. The minimum Gasteiger partial charge on any atom is -0.480 e. The summed E-state index contributed by atoms with van der Waals surface area (Å²) in [4.78, 5) is 29.8. The quantitative estimate of drug-likeness (QED) is 0.445. The molecule has 168 valence electrons. The summed E-state index contributed by atoms with van der Waals surface area (Å²) in [5.74, 6) is -0.297. The molecule has 0 fully saturated rings. The second-order valence-electron chi connectivity index (χ2n) is 7.67. The molecule has 2 rings (SSSR count). The molecule has 1 heterocycles. The molecule has 1 unspecified atom stereocenters. The number of aromatic nitrogens is 1. The van der Waals surface area contributed by atoms with E-state index in [-0.39, 0.29) is 6.03 Å². The summed E-state index contributed by atoms with van der Waals surface area (Å²) in [6, 6.07) is 12.5. The van der Waals surface area contributed by atoms with Crippen molar-refractivity contribution >= 4 is 17.8 Å². The van der Waals surface area contributed by atoms with Gasteiger partial charge < -0.3 is 15.7 Å². The van der Waals surface area contributed by atoms with Crippen LogP contribution in [0.15, 0.2) is 42.5 Å². The van der Waals surface area contributed by atoms with Gasteiger partial charge in [0.1, 0.15) is 11.9 Å². The molecule has 0 spiro atoms. The highest BCUT2D eigenvalue weighted by Crippen LogP contribution is 2.21. The maximum absolute atomic E-state index is 12.4. The van der Waals surface area contributed by atoms with Crippen molar-refractivity contribution in [1.29, 1.82) is 0 Å². The number of unbranched alkanes of at least 4 members (excludes halogenated alkanes) is 4. The second-order valence-corrected chi connectivity index (χ2v) is 7.67. The largest absolute Gasteiger partial charge is 0.480 e. The standard InChI is InChI=1S/C24H34N4O3/c1-4-5-6-7-8-16-26-24(31)28(3)22-11-9-10-20(27-22)19-14-12-18(13-15-19)17-21(25-2)23(29)30/h9-15,21,25H,4-8,16-17H2,1-3H3,(H,26,31)(H,29,30). The van der Waals surface area contributed by atoms with E-state index in [0.29, 0.717) is 18.8 Å². The molecule has 0 aliphatic heterocycles. The third kappa shape index (κ3) is 7.68. The lowest BCUT2D eigenvalue weighted by molar-refractivity contribution is -0.139. The Balaban J connectivity index is 1.97. The molecule has 7 nitrogen and oxygen atoms in total. The number of aliphatic carboxylic acids is 1. The van der Waals surface area contributed by atoms with E-state index in [4.69, 9.17) is 0 Å². The number of carboxylic acid groups (broad SMARTS) is 1. The van der Waals surface area contributed by atoms with E-state index >= 15 is 0 Å². The molecule has 3 N–H and O–H groups in total. The van der Waals surface area contributed by atoms with Crippen molar-refractivity contribution in [3.63, 3.8) is 0 Å². The first-order chi connectivity index (χ1) is 15.0. The highest BCUT2D eigenvalue weighted by Gasteiger charge is 2.16. The smallest absolute Gasteiger partial charge is 0.322 e. The fraction of sp³-hybridized carbons (Fsp3) is 0.458. The van der Waals surface area contributed by atoms with Gasteiger partial charge in [0.2, 0.25) is 0 Å². The average molecular weight is 427 g/mol. The number of carbonyl (C=O) groups excluding carboxylic acids is 1. The Hall–Kier alpha value is -2.93. The third-order valence-electron chi connectivity index (χ3n) is 5.28. The number of nitrogens with zero attached hydrogens (tertiary/aromatic N) is 2. The van der Waals surface area contributed by atoms with Crippen molar-refractivity contribution in [2.45, 2.75) is 51.5 Å². The summed E-state index contributed by atoms with van der Waals surface area (Å²) in [7, 11) is 3.35. The van der Waals surface area contributed by atoms with Crippen LogP contribution >= 0.6 is 0 Å². The van der Waals surface area contributed by atoms with Gasteiger partial charge in [0, 0.05) is 19.2 Å². The normalized spacial score (nSPS) is 11.7. The maximum atomic E-state index is 12.4. The molecule has 1 atom stereocenters. The minimum atomic E-state index is -0.872. The van der Waals surface area contributed by atoms with Crippen LogP contribution in [-0.4, -0.2) is 48.8 Å². The van der Waals surface area contributed by atoms with E-state index in [9.17, 15) is 14.7 Å². The van der Waals surface area contributed by atoms with Gasteiger partial charge in [0.15, 0.2) is 0 Å². The van der Waals surface area contributed by atoms with Crippen LogP contribution in [0.25, 0.3) is 11.3 Å². The summed E-state index contributed by atoms with van der Waals surface area (Å²) < 4.78 is 0. The first kappa shape index (κ1) is 24.3. The van der Waals surface area contributed by atoms with Gasteiger partial charge in [0.05, 0.1) is 5.69 Å². The number of pyridine rings is 1. The number of hydrogen-bond acceptors (Lipinski definition) is 4. The van der Waals surface area contributed by atoms with Crippen LogP contribution in [0.5, 0.6) is 0 Å². The zero-order valence-electron chi connectivity index (χ0n) is 18.7. The molecule has 0 saturated carbocycles. The van der Waals surface area contributed by atoms with Gasteiger partial charge in [-0.25, -0.2) is 9.78 Å². The Morgan fingerprint density at radius 3 is 2.42 bits per heavy atom. The van der Waals surface area contributed by atoms with E-state index in [1.165, 1.54) is 24.2 Å². The number of anilines is 1. The molecule has 0 radical (unpaired) electrons. The number of carbonyl (C=O) groups is 2. The molecular weight excluding hydrogens is 392 g/mol. The number of rotatable bonds is 12. The number of carboxylic acids is 1. The van der Waals surface area contributed by atoms with Gasteiger partial charge in [-0.1, -0.05) is 62.9 Å².